The summed E-state index contributed by atoms with van der Waals surface area (Å²) in [5, 5.41) is 9.44. The second-order valence-corrected chi connectivity index (χ2v) is 8.03. The monoisotopic (exact) mass is 453 g/mol. The minimum absolute atomic E-state index is 0.0643. The highest BCUT2D eigenvalue weighted by atomic mass is 32.1. The maximum atomic E-state index is 13.2. The van der Waals surface area contributed by atoms with Crippen LogP contribution in [0.4, 0.5) is 13.2 Å². The number of pyridine rings is 1. The van der Waals surface area contributed by atoms with Crippen LogP contribution in [0, 0.1) is 0 Å². The fourth-order valence-corrected chi connectivity index (χ4v) is 3.91. The van der Waals surface area contributed by atoms with Gasteiger partial charge in [0.05, 0.1) is 33.6 Å². The van der Waals surface area contributed by atoms with Gasteiger partial charge in [-0.2, -0.15) is 18.2 Å². The number of aliphatic hydroxyl groups is 1. The fourth-order valence-electron chi connectivity index (χ4n) is 2.89. The smallest absolute Gasteiger partial charge is 0.416 e. The highest BCUT2D eigenvalue weighted by molar-refractivity contribution is 7.16. The number of aliphatic hydroxyl groups excluding tert-OH is 1. The van der Waals surface area contributed by atoms with Gasteiger partial charge in [0.15, 0.2) is 4.80 Å². The molecular weight excluding hydrogens is 431 g/mol. The number of carbonyl (C=O) groups is 1. The van der Waals surface area contributed by atoms with Gasteiger partial charge in [-0.05, 0) is 37.6 Å². The molecule has 0 saturated heterocycles. The van der Waals surface area contributed by atoms with E-state index in [4.69, 9.17) is 4.74 Å². The number of hydrogen-bond acceptors (Lipinski definition) is 5. The molecule has 1 N–H and O–H groups in total. The summed E-state index contributed by atoms with van der Waals surface area (Å²) in [4.78, 5) is 21.6. The van der Waals surface area contributed by atoms with E-state index < -0.39 is 23.8 Å². The molecule has 0 aliphatic carbocycles. The van der Waals surface area contributed by atoms with Gasteiger partial charge in [-0.25, -0.2) is 0 Å². The van der Waals surface area contributed by atoms with E-state index in [9.17, 15) is 23.1 Å². The van der Waals surface area contributed by atoms with Crippen LogP contribution in [0.1, 0.15) is 42.6 Å². The number of rotatable bonds is 7. The average Bonchev–Trinajstić information content (AvgIpc) is 3.06. The topological polar surface area (TPSA) is 76.7 Å². The van der Waals surface area contributed by atoms with Gasteiger partial charge in [-0.1, -0.05) is 24.7 Å². The van der Waals surface area contributed by atoms with Crippen molar-refractivity contribution >= 4 is 27.5 Å². The van der Waals surface area contributed by atoms with Crippen LogP contribution in [0.2, 0.25) is 0 Å². The zero-order valence-electron chi connectivity index (χ0n) is 17.0. The lowest BCUT2D eigenvalue weighted by molar-refractivity contribution is -0.137. The van der Waals surface area contributed by atoms with Crippen LogP contribution in [0.5, 0.6) is 5.75 Å². The molecule has 0 radical (unpaired) electrons. The third-order valence-electron chi connectivity index (χ3n) is 4.43. The Labute approximate surface area is 180 Å². The van der Waals surface area contributed by atoms with E-state index in [1.165, 1.54) is 18.3 Å². The lowest BCUT2D eigenvalue weighted by Gasteiger charge is -2.13. The standard InChI is InChI=1S/C21H22F3N3O3S/c1-3-4-9-27-16-11-25-8-7-18(16)31-20(27)26-19(29)15-10-14(21(22,23)24)5-6-17(15)30-12-13(2)28/h5-8,10-11,13,28H,3-4,9,12H2,1-2H3/b26-20-/t13-/m1/s1. The summed E-state index contributed by atoms with van der Waals surface area (Å²) >= 11 is 1.26. The fraction of sp³-hybridized carbons (Fsp3) is 0.381. The van der Waals surface area contributed by atoms with Gasteiger partial charge < -0.3 is 14.4 Å². The summed E-state index contributed by atoms with van der Waals surface area (Å²) in [7, 11) is 0. The number of nitrogens with zero attached hydrogens (tertiary/aromatic N) is 3. The van der Waals surface area contributed by atoms with Crippen molar-refractivity contribution < 1.29 is 27.8 Å². The van der Waals surface area contributed by atoms with Crippen LogP contribution in [-0.2, 0) is 12.7 Å². The maximum Gasteiger partial charge on any atom is 0.416 e. The molecule has 0 aliphatic rings. The third kappa shape index (κ3) is 5.50. The molecule has 10 heteroatoms. The van der Waals surface area contributed by atoms with E-state index in [1.807, 2.05) is 11.5 Å². The van der Waals surface area contributed by atoms with Crippen LogP contribution in [0.3, 0.4) is 0 Å². The number of aromatic nitrogens is 2. The first-order valence-electron chi connectivity index (χ1n) is 9.75. The van der Waals surface area contributed by atoms with E-state index in [0.29, 0.717) is 11.3 Å². The molecular formula is C21H22F3N3O3S. The van der Waals surface area contributed by atoms with Crippen LogP contribution >= 0.6 is 11.3 Å². The van der Waals surface area contributed by atoms with Gasteiger partial charge in [0.2, 0.25) is 0 Å². The summed E-state index contributed by atoms with van der Waals surface area (Å²) in [6.07, 6.45) is -0.413. The van der Waals surface area contributed by atoms with E-state index in [2.05, 4.69) is 9.98 Å². The van der Waals surface area contributed by atoms with Crippen molar-refractivity contribution in [1.29, 1.82) is 0 Å². The third-order valence-corrected chi connectivity index (χ3v) is 5.49. The van der Waals surface area contributed by atoms with Crippen molar-refractivity contribution in [2.45, 2.75) is 45.5 Å². The zero-order valence-corrected chi connectivity index (χ0v) is 17.8. The second-order valence-electron chi connectivity index (χ2n) is 7.02. The zero-order chi connectivity index (χ0) is 22.6. The van der Waals surface area contributed by atoms with Crippen molar-refractivity contribution in [3.8, 4) is 5.75 Å². The lowest BCUT2D eigenvalue weighted by Crippen LogP contribution is -2.19. The van der Waals surface area contributed by atoms with E-state index >= 15 is 0 Å². The first-order chi connectivity index (χ1) is 14.7. The molecule has 1 atom stereocenters. The summed E-state index contributed by atoms with van der Waals surface area (Å²) in [6.45, 7) is 3.93. The Balaban J connectivity index is 2.10. The van der Waals surface area contributed by atoms with Crippen LogP contribution in [0.15, 0.2) is 41.7 Å². The number of hydrogen-bond donors (Lipinski definition) is 1. The number of halogens is 3. The first-order valence-corrected chi connectivity index (χ1v) is 10.6. The van der Waals surface area contributed by atoms with Gasteiger partial charge in [-0.3, -0.25) is 9.78 Å². The van der Waals surface area contributed by atoms with Crippen molar-refractivity contribution in [3.63, 3.8) is 0 Å². The molecule has 2 heterocycles. The molecule has 0 unspecified atom stereocenters. The van der Waals surface area contributed by atoms with Gasteiger partial charge >= 0.3 is 6.18 Å². The van der Waals surface area contributed by atoms with Crippen LogP contribution in [-0.4, -0.2) is 33.3 Å². The van der Waals surface area contributed by atoms with Crippen molar-refractivity contribution in [2.24, 2.45) is 4.99 Å². The molecule has 6 nitrogen and oxygen atoms in total. The lowest BCUT2D eigenvalue weighted by atomic mass is 10.1. The number of amides is 1. The Hall–Kier alpha value is -2.72. The number of ether oxygens (including phenoxy) is 1. The van der Waals surface area contributed by atoms with E-state index in [-0.39, 0.29) is 17.9 Å². The summed E-state index contributed by atoms with van der Waals surface area (Å²) in [6, 6.07) is 4.44. The number of thiazole rings is 1. The van der Waals surface area contributed by atoms with Crippen LogP contribution in [0.25, 0.3) is 10.2 Å². The predicted octanol–water partition coefficient (Wildman–Crippen LogP) is 4.42. The number of benzene rings is 1. The van der Waals surface area contributed by atoms with E-state index in [0.717, 1.165) is 41.3 Å². The Morgan fingerprint density at radius 3 is 2.81 bits per heavy atom. The second kappa shape index (κ2) is 9.61. The van der Waals surface area contributed by atoms with Crippen molar-refractivity contribution in [2.75, 3.05) is 6.61 Å². The molecule has 31 heavy (non-hydrogen) atoms. The highest BCUT2D eigenvalue weighted by Gasteiger charge is 2.32. The maximum absolute atomic E-state index is 13.2. The Kier molecular flexibility index (Phi) is 7.11. The molecule has 2 aromatic heterocycles. The number of unbranched alkanes of at least 4 members (excludes halogenated alkanes) is 1. The average molecular weight is 453 g/mol. The van der Waals surface area contributed by atoms with Crippen molar-refractivity contribution in [1.82, 2.24) is 9.55 Å². The SMILES string of the molecule is CCCCn1/c(=N/C(=O)c2cc(C(F)(F)F)ccc2OC[C@@H](C)O)sc2ccncc21. The molecule has 1 amide bonds. The highest BCUT2D eigenvalue weighted by Crippen LogP contribution is 2.33. The summed E-state index contributed by atoms with van der Waals surface area (Å²) in [5.74, 6) is -0.915. The minimum atomic E-state index is -4.62. The van der Waals surface area contributed by atoms with E-state index in [1.54, 1.807) is 18.5 Å². The van der Waals surface area contributed by atoms with Gasteiger partial charge in [0, 0.05) is 12.7 Å². The molecule has 0 bridgehead atoms. The largest absolute Gasteiger partial charge is 0.490 e. The molecule has 166 valence electrons. The Bertz CT molecular complexity index is 1140. The normalized spacial score (nSPS) is 13.5. The molecule has 3 rings (SSSR count). The number of carbonyl (C=O) groups excluding carboxylic acids is 1. The number of fused-ring (bicyclic) bond motifs is 1. The molecule has 3 aromatic rings. The van der Waals surface area contributed by atoms with Crippen LogP contribution < -0.4 is 9.54 Å². The Morgan fingerprint density at radius 2 is 2.13 bits per heavy atom. The minimum Gasteiger partial charge on any atom is -0.490 e. The molecule has 0 saturated carbocycles. The number of aryl methyl sites for hydroxylation is 1. The predicted molar refractivity (Wildman–Crippen MR) is 111 cm³/mol. The molecule has 0 fully saturated rings. The Morgan fingerprint density at radius 1 is 1.35 bits per heavy atom. The molecule has 1 aromatic carbocycles. The van der Waals surface area contributed by atoms with Gasteiger partial charge in [0.1, 0.15) is 12.4 Å². The quantitative estimate of drug-likeness (QED) is 0.575. The van der Waals surface area contributed by atoms with Crippen molar-refractivity contribution in [3.05, 3.63) is 52.6 Å². The van der Waals surface area contributed by atoms with Gasteiger partial charge in [-0.15, -0.1) is 0 Å². The molecule has 0 aliphatic heterocycles. The first kappa shape index (κ1) is 23.0. The number of alkyl halides is 3. The summed E-state index contributed by atoms with van der Waals surface area (Å²) < 4.78 is 47.7. The summed E-state index contributed by atoms with van der Waals surface area (Å²) in [5.41, 5.74) is -0.481. The van der Waals surface area contributed by atoms with Gasteiger partial charge in [0.25, 0.3) is 5.91 Å². The molecule has 0 spiro atoms.